The topological polar surface area (TPSA) is 58.1 Å². The molecule has 138 valence electrons. The maximum absolute atomic E-state index is 13.2. The molecule has 3 aromatic rings. The van der Waals surface area contributed by atoms with Gasteiger partial charge in [-0.2, -0.15) is 0 Å². The molecule has 6 heteroatoms. The van der Waals surface area contributed by atoms with E-state index in [1.54, 1.807) is 18.2 Å². The molecule has 0 fully saturated rings. The Kier molecular flexibility index (Phi) is 5.76. The summed E-state index contributed by atoms with van der Waals surface area (Å²) in [5.74, 6) is 0.431. The molecule has 0 radical (unpaired) electrons. The second-order valence-electron chi connectivity index (χ2n) is 6.21. The molecule has 0 saturated heterocycles. The monoisotopic (exact) mass is 364 g/mol. The van der Waals surface area contributed by atoms with Gasteiger partial charge in [-0.1, -0.05) is 24.3 Å². The number of amides is 1. The molecular weight excluding hydrogens is 343 g/mol. The second-order valence-corrected chi connectivity index (χ2v) is 6.21. The Hall–Kier alpha value is -3.28. The van der Waals surface area contributed by atoms with Crippen molar-refractivity contribution < 1.29 is 9.18 Å². The van der Waals surface area contributed by atoms with Crippen molar-refractivity contribution >= 4 is 23.2 Å². The lowest BCUT2D eigenvalue weighted by Crippen LogP contribution is -2.19. The van der Waals surface area contributed by atoms with Gasteiger partial charge in [-0.15, -0.1) is 10.2 Å². The van der Waals surface area contributed by atoms with Gasteiger partial charge in [0.25, 0.3) is 0 Å². The normalized spacial score (nSPS) is 10.5. The lowest BCUT2D eigenvalue weighted by Gasteiger charge is -2.22. The minimum Gasteiger partial charge on any atom is -0.325 e. The highest BCUT2D eigenvalue weighted by molar-refractivity contribution is 5.91. The lowest BCUT2D eigenvalue weighted by atomic mass is 10.1. The quantitative estimate of drug-likeness (QED) is 0.710. The Bertz CT molecular complexity index is 927. The minimum atomic E-state index is -0.361. The average Bonchev–Trinajstić information content (AvgIpc) is 2.64. The fourth-order valence-corrected chi connectivity index (χ4v) is 2.83. The van der Waals surface area contributed by atoms with Crippen molar-refractivity contribution in [1.29, 1.82) is 0 Å². The molecule has 0 bridgehead atoms. The van der Waals surface area contributed by atoms with Gasteiger partial charge in [0.05, 0.1) is 6.42 Å². The highest BCUT2D eigenvalue weighted by Gasteiger charge is 2.11. The third-order valence-corrected chi connectivity index (χ3v) is 4.08. The Balaban J connectivity index is 1.68. The zero-order valence-corrected chi connectivity index (χ0v) is 15.3. The van der Waals surface area contributed by atoms with E-state index in [0.717, 1.165) is 12.2 Å². The van der Waals surface area contributed by atoms with Crippen LogP contribution in [0.25, 0.3) is 0 Å². The number of nitrogens with zero attached hydrogens (tertiary/aromatic N) is 3. The van der Waals surface area contributed by atoms with Crippen LogP contribution < -0.4 is 10.2 Å². The van der Waals surface area contributed by atoms with Crippen molar-refractivity contribution in [2.45, 2.75) is 20.3 Å². The smallest absolute Gasteiger partial charge is 0.229 e. The minimum absolute atomic E-state index is 0.0750. The molecule has 5 nitrogen and oxygen atoms in total. The summed E-state index contributed by atoms with van der Waals surface area (Å²) in [5.41, 5.74) is 2.81. The van der Waals surface area contributed by atoms with Gasteiger partial charge in [0, 0.05) is 12.2 Å². The molecule has 0 saturated carbocycles. The maximum Gasteiger partial charge on any atom is 0.229 e. The van der Waals surface area contributed by atoms with Crippen LogP contribution in [0.3, 0.4) is 0 Å². The largest absolute Gasteiger partial charge is 0.325 e. The van der Waals surface area contributed by atoms with Crippen molar-refractivity contribution in [2.75, 3.05) is 16.8 Å². The molecule has 2 aromatic carbocycles. The van der Waals surface area contributed by atoms with Crippen LogP contribution in [0.1, 0.15) is 18.1 Å². The first-order chi connectivity index (χ1) is 13.0. The van der Waals surface area contributed by atoms with E-state index in [1.807, 2.05) is 43.0 Å². The molecule has 27 heavy (non-hydrogen) atoms. The number of aryl methyl sites for hydroxylation is 1. The highest BCUT2D eigenvalue weighted by Crippen LogP contribution is 2.24. The lowest BCUT2D eigenvalue weighted by molar-refractivity contribution is -0.115. The first-order valence-corrected chi connectivity index (χ1v) is 8.77. The fraction of sp³-hybridized carbons (Fsp3) is 0.190. The number of anilines is 3. The van der Waals surface area contributed by atoms with Crippen molar-refractivity contribution in [3.63, 3.8) is 0 Å². The predicted molar refractivity (Wildman–Crippen MR) is 105 cm³/mol. The number of hydrogen-bond donors (Lipinski definition) is 1. The summed E-state index contributed by atoms with van der Waals surface area (Å²) in [6, 6.07) is 17.7. The zero-order chi connectivity index (χ0) is 19.2. The number of aromatic nitrogens is 2. The van der Waals surface area contributed by atoms with E-state index in [2.05, 4.69) is 21.6 Å². The van der Waals surface area contributed by atoms with Crippen LogP contribution in [0.2, 0.25) is 0 Å². The van der Waals surface area contributed by atoms with E-state index in [4.69, 9.17) is 0 Å². The van der Waals surface area contributed by atoms with Gasteiger partial charge in [-0.3, -0.25) is 4.79 Å². The summed E-state index contributed by atoms with van der Waals surface area (Å²) in [4.78, 5) is 14.2. The molecule has 0 aliphatic rings. The van der Waals surface area contributed by atoms with Crippen LogP contribution >= 0.6 is 0 Å². The van der Waals surface area contributed by atoms with Crippen molar-refractivity contribution in [3.8, 4) is 0 Å². The first kappa shape index (κ1) is 18.5. The van der Waals surface area contributed by atoms with Crippen LogP contribution in [0.15, 0.2) is 60.7 Å². The summed E-state index contributed by atoms with van der Waals surface area (Å²) in [6.07, 6.45) is 0.0750. The summed E-state index contributed by atoms with van der Waals surface area (Å²) >= 11 is 0. The molecule has 1 heterocycles. The van der Waals surface area contributed by atoms with Crippen LogP contribution in [0.4, 0.5) is 21.7 Å². The third kappa shape index (κ3) is 4.88. The van der Waals surface area contributed by atoms with Gasteiger partial charge in [-0.25, -0.2) is 4.39 Å². The molecule has 1 amide bonds. The van der Waals surface area contributed by atoms with Crippen LogP contribution in [-0.2, 0) is 11.2 Å². The number of halogens is 1. The molecular formula is C21H21FN4O. The first-order valence-electron chi connectivity index (χ1n) is 8.77. The molecule has 0 spiro atoms. The van der Waals surface area contributed by atoms with E-state index < -0.39 is 0 Å². The average molecular weight is 364 g/mol. The molecule has 1 N–H and O–H groups in total. The van der Waals surface area contributed by atoms with Crippen LogP contribution in [0, 0.1) is 12.7 Å². The summed E-state index contributed by atoms with van der Waals surface area (Å²) in [6.45, 7) is 4.82. The number of benzene rings is 2. The van der Waals surface area contributed by atoms with E-state index in [0.29, 0.717) is 17.2 Å². The van der Waals surface area contributed by atoms with Crippen LogP contribution in [0.5, 0.6) is 0 Å². The fourth-order valence-electron chi connectivity index (χ4n) is 2.83. The van der Waals surface area contributed by atoms with Gasteiger partial charge in [0.2, 0.25) is 5.91 Å². The molecule has 0 atom stereocenters. The predicted octanol–water partition coefficient (Wildman–Crippen LogP) is 4.26. The molecule has 1 aromatic heterocycles. The van der Waals surface area contributed by atoms with Gasteiger partial charge in [-0.05, 0) is 61.4 Å². The van der Waals surface area contributed by atoms with E-state index in [9.17, 15) is 9.18 Å². The van der Waals surface area contributed by atoms with E-state index in [-0.39, 0.29) is 18.1 Å². The number of hydrogen-bond acceptors (Lipinski definition) is 4. The molecule has 3 rings (SSSR count). The molecule has 0 aliphatic heterocycles. The number of rotatable bonds is 6. The zero-order valence-electron chi connectivity index (χ0n) is 15.3. The number of carbonyl (C=O) groups excluding carboxylic acids is 1. The number of carbonyl (C=O) groups is 1. The van der Waals surface area contributed by atoms with Crippen LogP contribution in [-0.4, -0.2) is 22.6 Å². The Morgan fingerprint density at radius 2 is 1.89 bits per heavy atom. The second kappa shape index (κ2) is 8.40. The van der Waals surface area contributed by atoms with E-state index >= 15 is 0 Å². The summed E-state index contributed by atoms with van der Waals surface area (Å²) in [5, 5.41) is 11.0. The molecule has 0 aliphatic carbocycles. The SMILES string of the molecule is CCN(c1cccc(C)c1)c1ccc(NC(=O)Cc2cccc(F)c2)nn1. The number of nitrogens with one attached hydrogen (secondary N) is 1. The van der Waals surface area contributed by atoms with E-state index in [1.165, 1.54) is 17.7 Å². The highest BCUT2D eigenvalue weighted by atomic mass is 19.1. The van der Waals surface area contributed by atoms with Crippen molar-refractivity contribution in [2.24, 2.45) is 0 Å². The van der Waals surface area contributed by atoms with Gasteiger partial charge in [0.1, 0.15) is 5.82 Å². The molecule has 0 unspecified atom stereocenters. The maximum atomic E-state index is 13.2. The Labute approximate surface area is 157 Å². The third-order valence-electron chi connectivity index (χ3n) is 4.08. The van der Waals surface area contributed by atoms with Crippen molar-refractivity contribution in [3.05, 3.63) is 77.6 Å². The standard InChI is InChI=1S/C21H21FN4O/c1-3-26(18-9-4-6-15(2)12-18)20-11-10-19(24-25-20)23-21(27)14-16-7-5-8-17(22)13-16/h4-13H,3,14H2,1-2H3,(H,23,24,27). The van der Waals surface area contributed by atoms with Gasteiger partial charge < -0.3 is 10.2 Å². The summed E-state index contributed by atoms with van der Waals surface area (Å²) < 4.78 is 13.2. The van der Waals surface area contributed by atoms with Gasteiger partial charge in [0.15, 0.2) is 11.6 Å². The Morgan fingerprint density at radius 3 is 2.56 bits per heavy atom. The summed E-state index contributed by atoms with van der Waals surface area (Å²) in [7, 11) is 0. The van der Waals surface area contributed by atoms with Crippen molar-refractivity contribution in [1.82, 2.24) is 10.2 Å². The Morgan fingerprint density at radius 1 is 1.07 bits per heavy atom. The van der Waals surface area contributed by atoms with Gasteiger partial charge >= 0.3 is 0 Å².